The van der Waals surface area contributed by atoms with Gasteiger partial charge in [-0.05, 0) is 37.0 Å². The summed E-state index contributed by atoms with van der Waals surface area (Å²) in [7, 11) is 0. The van der Waals surface area contributed by atoms with Gasteiger partial charge in [-0.3, -0.25) is 0 Å². The molecule has 1 nitrogen and oxygen atoms in total. The highest BCUT2D eigenvalue weighted by molar-refractivity contribution is 6.30. The van der Waals surface area contributed by atoms with Crippen molar-refractivity contribution in [1.82, 2.24) is 0 Å². The topological polar surface area (TPSA) is 20.2 Å². The van der Waals surface area contributed by atoms with Gasteiger partial charge in [0, 0.05) is 0 Å². The molecule has 0 aliphatic heterocycles. The number of aliphatic hydroxyl groups is 1. The van der Waals surface area contributed by atoms with E-state index >= 15 is 0 Å². The maximum absolute atomic E-state index is 13.0. The van der Waals surface area contributed by atoms with Gasteiger partial charge in [-0.2, -0.15) is 0 Å². The molecular formula is C11H14ClFO. The van der Waals surface area contributed by atoms with Crippen molar-refractivity contribution in [3.63, 3.8) is 0 Å². The van der Waals surface area contributed by atoms with Gasteiger partial charge in [-0.1, -0.05) is 24.6 Å². The molecule has 0 aliphatic rings. The normalized spacial score (nSPS) is 12.9. The molecule has 14 heavy (non-hydrogen) atoms. The largest absolute Gasteiger partial charge is 0.393 e. The Kier molecular flexibility index (Phi) is 4.36. The lowest BCUT2D eigenvalue weighted by Crippen LogP contribution is -2.05. The highest BCUT2D eigenvalue weighted by Gasteiger charge is 2.04. The predicted octanol–water partition coefficient (Wildman–Crippen LogP) is 3.18. The van der Waals surface area contributed by atoms with Crippen LogP contribution in [0.5, 0.6) is 0 Å². The van der Waals surface area contributed by atoms with Crippen molar-refractivity contribution >= 4 is 11.6 Å². The molecule has 0 bridgehead atoms. The molecule has 0 saturated heterocycles. The van der Waals surface area contributed by atoms with Crippen molar-refractivity contribution in [2.24, 2.45) is 0 Å². The van der Waals surface area contributed by atoms with E-state index in [1.165, 1.54) is 6.07 Å². The second-order valence-corrected chi connectivity index (χ2v) is 3.76. The van der Waals surface area contributed by atoms with E-state index in [0.29, 0.717) is 12.8 Å². The standard InChI is InChI=1S/C11H14ClFO/c1-2-9(14)5-3-8-4-6-10(12)11(13)7-8/h4,6-7,9,14H,2-3,5H2,1H3. The molecule has 1 rings (SSSR count). The van der Waals surface area contributed by atoms with E-state index in [1.807, 2.05) is 6.92 Å². The summed E-state index contributed by atoms with van der Waals surface area (Å²) in [5.41, 5.74) is 0.874. The van der Waals surface area contributed by atoms with Gasteiger partial charge in [0.25, 0.3) is 0 Å². The first-order valence-corrected chi connectivity index (χ1v) is 5.13. The van der Waals surface area contributed by atoms with E-state index in [1.54, 1.807) is 12.1 Å². The SMILES string of the molecule is CCC(O)CCc1ccc(Cl)c(F)c1. The van der Waals surface area contributed by atoms with Gasteiger partial charge in [0.1, 0.15) is 5.82 Å². The number of hydrogen-bond donors (Lipinski definition) is 1. The molecule has 0 aliphatic carbocycles. The summed E-state index contributed by atoms with van der Waals surface area (Å²) in [6.07, 6.45) is 1.78. The molecule has 1 aromatic carbocycles. The molecule has 0 heterocycles. The first-order valence-electron chi connectivity index (χ1n) is 4.75. The number of aryl methyl sites for hydroxylation is 1. The summed E-state index contributed by atoms with van der Waals surface area (Å²) >= 11 is 5.55. The Morgan fingerprint density at radius 3 is 2.79 bits per heavy atom. The quantitative estimate of drug-likeness (QED) is 0.820. The average Bonchev–Trinajstić information content (AvgIpc) is 2.19. The predicted molar refractivity (Wildman–Crippen MR) is 56.0 cm³/mol. The van der Waals surface area contributed by atoms with E-state index < -0.39 is 5.82 Å². The van der Waals surface area contributed by atoms with E-state index in [9.17, 15) is 9.50 Å². The van der Waals surface area contributed by atoms with Crippen LogP contribution in [0.15, 0.2) is 18.2 Å². The number of aliphatic hydroxyl groups excluding tert-OH is 1. The third-order valence-corrected chi connectivity index (χ3v) is 2.53. The van der Waals surface area contributed by atoms with Crippen LogP contribution in [-0.4, -0.2) is 11.2 Å². The number of benzene rings is 1. The molecule has 0 saturated carbocycles. The van der Waals surface area contributed by atoms with E-state index in [0.717, 1.165) is 12.0 Å². The van der Waals surface area contributed by atoms with Crippen molar-refractivity contribution < 1.29 is 9.50 Å². The maximum Gasteiger partial charge on any atom is 0.142 e. The summed E-state index contributed by atoms with van der Waals surface area (Å²) in [5.74, 6) is -0.393. The molecule has 0 fully saturated rings. The Balaban J connectivity index is 2.55. The summed E-state index contributed by atoms with van der Waals surface area (Å²) < 4.78 is 13.0. The van der Waals surface area contributed by atoms with Crippen LogP contribution in [0.1, 0.15) is 25.3 Å². The minimum absolute atomic E-state index is 0.143. The smallest absolute Gasteiger partial charge is 0.142 e. The second kappa shape index (κ2) is 5.32. The van der Waals surface area contributed by atoms with Crippen LogP contribution in [0.3, 0.4) is 0 Å². The summed E-state index contributed by atoms with van der Waals surface area (Å²) in [6, 6.07) is 4.75. The molecule has 0 spiro atoms. The van der Waals surface area contributed by atoms with Crippen LogP contribution in [-0.2, 0) is 6.42 Å². The zero-order chi connectivity index (χ0) is 10.6. The minimum atomic E-state index is -0.393. The molecule has 0 radical (unpaired) electrons. The lowest BCUT2D eigenvalue weighted by atomic mass is 10.1. The van der Waals surface area contributed by atoms with Crippen LogP contribution in [0.4, 0.5) is 4.39 Å². The number of rotatable bonds is 4. The van der Waals surface area contributed by atoms with E-state index in [-0.39, 0.29) is 11.1 Å². The molecular weight excluding hydrogens is 203 g/mol. The first-order chi connectivity index (χ1) is 6.63. The van der Waals surface area contributed by atoms with Crippen LogP contribution >= 0.6 is 11.6 Å². The van der Waals surface area contributed by atoms with Crippen molar-refractivity contribution in [1.29, 1.82) is 0 Å². The fraction of sp³-hybridized carbons (Fsp3) is 0.455. The Morgan fingerprint density at radius 1 is 1.50 bits per heavy atom. The summed E-state index contributed by atoms with van der Waals surface area (Å²) in [5, 5.41) is 9.47. The van der Waals surface area contributed by atoms with Gasteiger partial charge < -0.3 is 5.11 Å². The second-order valence-electron chi connectivity index (χ2n) is 3.35. The molecule has 0 amide bonds. The molecule has 78 valence electrons. The van der Waals surface area contributed by atoms with Crippen LogP contribution in [0.25, 0.3) is 0 Å². The van der Waals surface area contributed by atoms with E-state index in [4.69, 9.17) is 11.6 Å². The Labute approximate surface area is 88.5 Å². The van der Waals surface area contributed by atoms with Gasteiger partial charge in [0.2, 0.25) is 0 Å². The van der Waals surface area contributed by atoms with Gasteiger partial charge in [0.15, 0.2) is 0 Å². The minimum Gasteiger partial charge on any atom is -0.393 e. The van der Waals surface area contributed by atoms with Crippen molar-refractivity contribution in [2.45, 2.75) is 32.3 Å². The highest BCUT2D eigenvalue weighted by atomic mass is 35.5. The molecule has 3 heteroatoms. The monoisotopic (exact) mass is 216 g/mol. The molecule has 0 aromatic heterocycles. The number of halogens is 2. The molecule has 1 atom stereocenters. The van der Waals surface area contributed by atoms with Crippen LogP contribution in [0.2, 0.25) is 5.02 Å². The van der Waals surface area contributed by atoms with Gasteiger partial charge in [0.05, 0.1) is 11.1 Å². The van der Waals surface area contributed by atoms with E-state index in [2.05, 4.69) is 0 Å². The van der Waals surface area contributed by atoms with Crippen molar-refractivity contribution in [2.75, 3.05) is 0 Å². The van der Waals surface area contributed by atoms with Gasteiger partial charge >= 0.3 is 0 Å². The fourth-order valence-electron chi connectivity index (χ4n) is 1.23. The van der Waals surface area contributed by atoms with Crippen molar-refractivity contribution in [3.8, 4) is 0 Å². The average molecular weight is 217 g/mol. The maximum atomic E-state index is 13.0. The molecule has 1 unspecified atom stereocenters. The molecule has 1 aromatic rings. The first kappa shape index (κ1) is 11.5. The molecule has 1 N–H and O–H groups in total. The lowest BCUT2D eigenvalue weighted by Gasteiger charge is -2.07. The van der Waals surface area contributed by atoms with Gasteiger partial charge in [-0.25, -0.2) is 4.39 Å². The summed E-state index contributed by atoms with van der Waals surface area (Å²) in [4.78, 5) is 0. The zero-order valence-electron chi connectivity index (χ0n) is 8.13. The number of hydrogen-bond acceptors (Lipinski definition) is 1. The summed E-state index contributed by atoms with van der Waals surface area (Å²) in [6.45, 7) is 1.92. The Morgan fingerprint density at radius 2 is 2.21 bits per heavy atom. The van der Waals surface area contributed by atoms with Crippen LogP contribution < -0.4 is 0 Å². The van der Waals surface area contributed by atoms with Crippen LogP contribution in [0, 0.1) is 5.82 Å². The zero-order valence-corrected chi connectivity index (χ0v) is 8.89. The van der Waals surface area contributed by atoms with Crippen molar-refractivity contribution in [3.05, 3.63) is 34.6 Å². The lowest BCUT2D eigenvalue weighted by molar-refractivity contribution is 0.160. The Hall–Kier alpha value is -0.600. The third-order valence-electron chi connectivity index (χ3n) is 2.22. The van der Waals surface area contributed by atoms with Gasteiger partial charge in [-0.15, -0.1) is 0 Å². The fourth-order valence-corrected chi connectivity index (χ4v) is 1.35. The third kappa shape index (κ3) is 3.28. The Bertz CT molecular complexity index is 301. The highest BCUT2D eigenvalue weighted by Crippen LogP contribution is 2.17.